The molecule has 2 aromatic carbocycles. The summed E-state index contributed by atoms with van der Waals surface area (Å²) >= 11 is 2.27. The van der Waals surface area contributed by atoms with E-state index in [1.807, 2.05) is 0 Å². The predicted octanol–water partition coefficient (Wildman–Crippen LogP) is 3.80. The van der Waals surface area contributed by atoms with Crippen LogP contribution < -0.4 is 10.6 Å². The summed E-state index contributed by atoms with van der Waals surface area (Å²) < 4.78 is 26.2. The third-order valence-corrected chi connectivity index (χ3v) is 5.16. The van der Waals surface area contributed by atoms with Gasteiger partial charge in [0.15, 0.2) is 4.34 Å². The summed E-state index contributed by atoms with van der Waals surface area (Å²) in [6, 6.07) is 10.5. The van der Waals surface area contributed by atoms with Gasteiger partial charge in [0.2, 0.25) is 11.0 Å². The highest BCUT2D eigenvalue weighted by Gasteiger charge is 2.12. The van der Waals surface area contributed by atoms with Gasteiger partial charge in [0, 0.05) is 11.3 Å². The van der Waals surface area contributed by atoms with Gasteiger partial charge in [-0.05, 0) is 48.5 Å². The van der Waals surface area contributed by atoms with E-state index in [9.17, 15) is 18.4 Å². The molecule has 0 aliphatic carbocycles. The van der Waals surface area contributed by atoms with Crippen LogP contribution in [0.1, 0.15) is 10.4 Å². The minimum absolute atomic E-state index is 0.0813. The predicted molar refractivity (Wildman–Crippen MR) is 100 cm³/mol. The van der Waals surface area contributed by atoms with Crippen LogP contribution in [-0.4, -0.2) is 27.8 Å². The summed E-state index contributed by atoms with van der Waals surface area (Å²) in [5.74, 6) is -1.44. The van der Waals surface area contributed by atoms with Crippen molar-refractivity contribution in [1.82, 2.24) is 10.2 Å². The number of thioether (sulfide) groups is 1. The van der Waals surface area contributed by atoms with Crippen molar-refractivity contribution in [3.8, 4) is 0 Å². The van der Waals surface area contributed by atoms with Crippen LogP contribution in [0.2, 0.25) is 0 Å². The fourth-order valence-electron chi connectivity index (χ4n) is 1.95. The average Bonchev–Trinajstić information content (AvgIpc) is 3.10. The van der Waals surface area contributed by atoms with Gasteiger partial charge in [-0.15, -0.1) is 10.2 Å². The zero-order chi connectivity index (χ0) is 19.2. The van der Waals surface area contributed by atoms with E-state index in [1.165, 1.54) is 48.5 Å². The molecule has 3 aromatic rings. The van der Waals surface area contributed by atoms with Gasteiger partial charge in [-0.25, -0.2) is 8.78 Å². The number of aromatic nitrogens is 2. The second-order valence-corrected chi connectivity index (χ2v) is 7.38. The number of halogens is 2. The molecule has 3 rings (SSSR count). The molecule has 2 N–H and O–H groups in total. The minimum atomic E-state index is -0.434. The number of carbonyl (C=O) groups excluding carboxylic acids is 2. The summed E-state index contributed by atoms with van der Waals surface area (Å²) in [5, 5.41) is 13.2. The van der Waals surface area contributed by atoms with Gasteiger partial charge >= 0.3 is 0 Å². The van der Waals surface area contributed by atoms with Crippen LogP contribution >= 0.6 is 23.1 Å². The van der Waals surface area contributed by atoms with Crippen LogP contribution in [0.25, 0.3) is 0 Å². The molecule has 0 spiro atoms. The second kappa shape index (κ2) is 8.69. The van der Waals surface area contributed by atoms with Crippen LogP contribution in [0, 0.1) is 11.6 Å². The Hall–Kier alpha value is -2.85. The summed E-state index contributed by atoms with van der Waals surface area (Å²) in [4.78, 5) is 23.9. The molecule has 2 amide bonds. The summed E-state index contributed by atoms with van der Waals surface area (Å²) in [6.45, 7) is 0. The van der Waals surface area contributed by atoms with E-state index in [2.05, 4.69) is 20.8 Å². The molecule has 0 radical (unpaired) electrons. The molecule has 0 aliphatic rings. The van der Waals surface area contributed by atoms with Crippen molar-refractivity contribution in [2.24, 2.45) is 0 Å². The largest absolute Gasteiger partial charge is 0.325 e. The maximum absolute atomic E-state index is 12.9. The minimum Gasteiger partial charge on any atom is -0.325 e. The lowest BCUT2D eigenvalue weighted by Crippen LogP contribution is -2.13. The Kier molecular flexibility index (Phi) is 6.09. The van der Waals surface area contributed by atoms with Crippen LogP contribution in [0.5, 0.6) is 0 Å². The number of hydrogen-bond acceptors (Lipinski definition) is 6. The zero-order valence-electron chi connectivity index (χ0n) is 13.6. The normalized spacial score (nSPS) is 10.4. The molecule has 0 saturated carbocycles. The summed E-state index contributed by atoms with van der Waals surface area (Å²) in [5.41, 5.74) is 0.783. The smallest absolute Gasteiger partial charge is 0.257 e. The molecule has 27 heavy (non-hydrogen) atoms. The summed E-state index contributed by atoms with van der Waals surface area (Å²) in [7, 11) is 0. The van der Waals surface area contributed by atoms with Crippen LogP contribution in [0.3, 0.4) is 0 Å². The third-order valence-electron chi connectivity index (χ3n) is 3.19. The first-order valence-electron chi connectivity index (χ1n) is 7.58. The molecule has 0 fully saturated rings. The Morgan fingerprint density at radius 3 is 2.22 bits per heavy atom. The fourth-order valence-corrected chi connectivity index (χ4v) is 3.49. The molecular formula is C17H12F2N4O2S2. The number of anilines is 2. The van der Waals surface area contributed by atoms with Gasteiger partial charge in [-0.1, -0.05) is 23.1 Å². The third kappa shape index (κ3) is 5.56. The zero-order valence-corrected chi connectivity index (χ0v) is 15.2. The Balaban J connectivity index is 1.50. The number of rotatable bonds is 6. The standard InChI is InChI=1S/C17H12F2N4O2S2/c18-11-3-1-10(2-4-11)15(25)21-16-22-23-17(27-16)26-9-14(24)20-13-7-5-12(19)6-8-13/h1-8H,9H2,(H,20,24)(H,21,22,25). The average molecular weight is 406 g/mol. The van der Waals surface area contributed by atoms with Gasteiger partial charge in [0.1, 0.15) is 11.6 Å². The Bertz CT molecular complexity index is 946. The van der Waals surface area contributed by atoms with Gasteiger partial charge in [-0.3, -0.25) is 14.9 Å². The maximum Gasteiger partial charge on any atom is 0.257 e. The molecular weight excluding hydrogens is 394 g/mol. The van der Waals surface area contributed by atoms with Gasteiger partial charge in [0.05, 0.1) is 5.75 Å². The lowest BCUT2D eigenvalue weighted by Gasteiger charge is -2.03. The van der Waals surface area contributed by atoms with Crippen molar-refractivity contribution in [3.05, 3.63) is 65.7 Å². The van der Waals surface area contributed by atoms with Crippen molar-refractivity contribution in [1.29, 1.82) is 0 Å². The molecule has 1 heterocycles. The van der Waals surface area contributed by atoms with Gasteiger partial charge < -0.3 is 5.32 Å². The first-order chi connectivity index (χ1) is 13.0. The topological polar surface area (TPSA) is 84.0 Å². The van der Waals surface area contributed by atoms with E-state index in [0.29, 0.717) is 15.6 Å². The second-order valence-electron chi connectivity index (χ2n) is 5.18. The Morgan fingerprint density at radius 1 is 0.926 bits per heavy atom. The van der Waals surface area contributed by atoms with Crippen LogP contribution in [-0.2, 0) is 4.79 Å². The Labute approximate surface area is 161 Å². The molecule has 0 aliphatic heterocycles. The number of amides is 2. The number of benzene rings is 2. The molecule has 1 aromatic heterocycles. The Morgan fingerprint density at radius 2 is 1.56 bits per heavy atom. The lowest BCUT2D eigenvalue weighted by atomic mass is 10.2. The quantitative estimate of drug-likeness (QED) is 0.481. The molecule has 0 saturated heterocycles. The van der Waals surface area contributed by atoms with E-state index < -0.39 is 11.7 Å². The fraction of sp³-hybridized carbons (Fsp3) is 0.0588. The molecule has 138 valence electrons. The highest BCUT2D eigenvalue weighted by Crippen LogP contribution is 2.26. The van der Waals surface area contributed by atoms with Gasteiger partial charge in [-0.2, -0.15) is 0 Å². The number of nitrogens with zero attached hydrogens (tertiary/aromatic N) is 2. The van der Waals surface area contributed by atoms with Crippen molar-refractivity contribution in [3.63, 3.8) is 0 Å². The van der Waals surface area contributed by atoms with E-state index in [1.54, 1.807) is 0 Å². The van der Waals surface area contributed by atoms with Crippen molar-refractivity contribution < 1.29 is 18.4 Å². The molecule has 0 unspecified atom stereocenters. The molecule has 0 bridgehead atoms. The van der Waals surface area contributed by atoms with Gasteiger partial charge in [0.25, 0.3) is 5.91 Å². The van der Waals surface area contributed by atoms with E-state index in [-0.39, 0.29) is 22.6 Å². The highest BCUT2D eigenvalue weighted by molar-refractivity contribution is 8.01. The molecule has 6 nitrogen and oxygen atoms in total. The van der Waals surface area contributed by atoms with Crippen molar-refractivity contribution >= 4 is 45.7 Å². The first kappa shape index (κ1) is 18.9. The SMILES string of the molecule is O=C(CSc1nnc(NC(=O)c2ccc(F)cc2)s1)Nc1ccc(F)cc1. The number of nitrogens with one attached hydrogen (secondary N) is 2. The van der Waals surface area contributed by atoms with Crippen molar-refractivity contribution in [2.75, 3.05) is 16.4 Å². The summed E-state index contributed by atoms with van der Waals surface area (Å²) in [6.07, 6.45) is 0. The van der Waals surface area contributed by atoms with Crippen LogP contribution in [0.15, 0.2) is 52.9 Å². The monoisotopic (exact) mass is 406 g/mol. The van der Waals surface area contributed by atoms with E-state index >= 15 is 0 Å². The molecule has 10 heteroatoms. The highest BCUT2D eigenvalue weighted by atomic mass is 32.2. The lowest BCUT2D eigenvalue weighted by molar-refractivity contribution is -0.113. The van der Waals surface area contributed by atoms with Crippen molar-refractivity contribution in [2.45, 2.75) is 4.34 Å². The molecule has 0 atom stereocenters. The van der Waals surface area contributed by atoms with Crippen LogP contribution in [0.4, 0.5) is 19.6 Å². The van der Waals surface area contributed by atoms with E-state index in [4.69, 9.17) is 0 Å². The van der Waals surface area contributed by atoms with E-state index in [0.717, 1.165) is 23.1 Å². The number of carbonyl (C=O) groups is 2. The number of hydrogen-bond donors (Lipinski definition) is 2. The maximum atomic E-state index is 12.9. The first-order valence-corrected chi connectivity index (χ1v) is 9.38.